The summed E-state index contributed by atoms with van der Waals surface area (Å²) < 4.78 is 1.84. The zero-order valence-electron chi connectivity index (χ0n) is 26.6. The van der Waals surface area contributed by atoms with Crippen LogP contribution in [0, 0.1) is 25.0 Å². The van der Waals surface area contributed by atoms with E-state index < -0.39 is 24.1 Å². The summed E-state index contributed by atoms with van der Waals surface area (Å²) in [5.74, 6) is -3.20. The molecule has 0 spiro atoms. The van der Waals surface area contributed by atoms with Crippen molar-refractivity contribution in [3.05, 3.63) is 68.6 Å². The number of hydrogen-bond donors (Lipinski definition) is 4. The van der Waals surface area contributed by atoms with Crippen molar-refractivity contribution in [1.82, 2.24) is 9.80 Å². The lowest BCUT2D eigenvalue weighted by Gasteiger charge is -2.49. The van der Waals surface area contributed by atoms with Gasteiger partial charge in [0.15, 0.2) is 18.4 Å². The zero-order valence-corrected chi connectivity index (χ0v) is 28.1. The van der Waals surface area contributed by atoms with Crippen LogP contribution >= 0.6 is 15.9 Å². The number of rotatable bonds is 9. The Kier molecular flexibility index (Phi) is 13.1. The molecule has 2 aliphatic rings. The number of aryl methyl sites for hydroxylation is 1. The van der Waals surface area contributed by atoms with Crippen LogP contribution in [0.4, 0.5) is 0 Å². The van der Waals surface area contributed by atoms with Crippen LogP contribution in [-0.4, -0.2) is 104 Å². The molecule has 2 unspecified atom stereocenters. The number of oxime groups is 1. The summed E-state index contributed by atoms with van der Waals surface area (Å²) in [6, 6.07) is 10.0. The number of aliphatic carboxylic acids is 2. The van der Waals surface area contributed by atoms with Gasteiger partial charge >= 0.3 is 11.9 Å². The van der Waals surface area contributed by atoms with E-state index in [4.69, 9.17) is 25.3 Å². The number of carboxylic acids is 2. The minimum atomic E-state index is -2.27. The van der Waals surface area contributed by atoms with Gasteiger partial charge in [-0.1, -0.05) is 33.2 Å². The van der Waals surface area contributed by atoms with E-state index in [1.54, 1.807) is 13.0 Å². The molecule has 0 saturated carbocycles. The number of likely N-dealkylation sites (tertiary alicyclic amines) is 2. The average molecular weight is 708 g/mol. The molecule has 2 saturated heterocycles. The number of piperidine rings is 2. The first-order chi connectivity index (χ1) is 21.7. The van der Waals surface area contributed by atoms with E-state index in [1.807, 2.05) is 18.7 Å². The summed E-state index contributed by atoms with van der Waals surface area (Å²) in [6.45, 7) is 11.9. The molecule has 0 aliphatic carbocycles. The van der Waals surface area contributed by atoms with Crippen molar-refractivity contribution in [3.63, 3.8) is 0 Å². The van der Waals surface area contributed by atoms with Crippen LogP contribution in [0.2, 0.25) is 0 Å². The number of aromatic nitrogens is 1. The molecule has 2 fully saturated rings. The molecule has 2 aliphatic heterocycles. The third kappa shape index (κ3) is 9.02. The van der Waals surface area contributed by atoms with Gasteiger partial charge in [-0.15, -0.1) is 0 Å². The largest absolute Gasteiger partial charge is 0.618 e. The fraction of sp³-hybridized carbons (Fsp3) is 0.531. The first-order valence-electron chi connectivity index (χ1n) is 15.2. The number of carbonyl (C=O) groups excluding carboxylic acids is 1. The van der Waals surface area contributed by atoms with E-state index in [9.17, 15) is 19.6 Å². The fourth-order valence-electron chi connectivity index (χ4n) is 5.84. The summed E-state index contributed by atoms with van der Waals surface area (Å²) in [5.41, 5.74) is 4.11. The molecule has 13 nitrogen and oxygen atoms in total. The molecule has 14 heteroatoms. The molecule has 3 heterocycles. The van der Waals surface area contributed by atoms with Crippen molar-refractivity contribution in [2.75, 3.05) is 32.8 Å². The third-order valence-corrected chi connectivity index (χ3v) is 9.30. The second-order valence-corrected chi connectivity index (χ2v) is 12.7. The Balaban J connectivity index is 0.000000498. The summed E-state index contributed by atoms with van der Waals surface area (Å²) in [4.78, 5) is 42.8. The van der Waals surface area contributed by atoms with E-state index in [-0.39, 0.29) is 11.4 Å². The number of nitrogens with zero attached hydrogens (tertiary/aromatic N) is 4. The predicted octanol–water partition coefficient (Wildman–Crippen LogP) is 2.72. The van der Waals surface area contributed by atoms with Gasteiger partial charge in [-0.25, -0.2) is 9.59 Å². The summed E-state index contributed by atoms with van der Waals surface area (Å²) in [6.07, 6.45) is 0.865. The molecule has 1 aromatic carbocycles. The van der Waals surface area contributed by atoms with Crippen molar-refractivity contribution in [2.24, 2.45) is 11.1 Å². The highest BCUT2D eigenvalue weighted by atomic mass is 79.9. The van der Waals surface area contributed by atoms with E-state index in [0.29, 0.717) is 36.9 Å². The maximum absolute atomic E-state index is 13.3. The lowest BCUT2D eigenvalue weighted by atomic mass is 9.82. The molecule has 46 heavy (non-hydrogen) atoms. The number of carboxylic acid groups (broad SMARTS) is 2. The molecule has 1 aromatic heterocycles. The Morgan fingerprint density at radius 2 is 1.57 bits per heavy atom. The van der Waals surface area contributed by atoms with Crippen LogP contribution in [0.15, 0.2) is 46.2 Å². The number of carbonyl (C=O) groups is 3. The number of benzene rings is 1. The van der Waals surface area contributed by atoms with Gasteiger partial charge < -0.3 is 35.4 Å². The minimum absolute atomic E-state index is 0.0257. The highest BCUT2D eigenvalue weighted by Gasteiger charge is 2.40. The highest BCUT2D eigenvalue weighted by Crippen LogP contribution is 2.34. The zero-order chi connectivity index (χ0) is 34.2. The van der Waals surface area contributed by atoms with E-state index in [0.717, 1.165) is 64.8 Å². The molecule has 4 rings (SSSR count). The Hall–Kier alpha value is -3.59. The molecule has 4 N–H and O–H groups in total. The van der Waals surface area contributed by atoms with Gasteiger partial charge in [0.1, 0.15) is 12.2 Å². The average Bonchev–Trinajstić information content (AvgIpc) is 3.04. The van der Waals surface area contributed by atoms with E-state index in [2.05, 4.69) is 57.2 Å². The lowest BCUT2D eigenvalue weighted by Crippen LogP contribution is -2.57. The van der Waals surface area contributed by atoms with Crippen LogP contribution in [-0.2, 0) is 14.4 Å². The molecular formula is C32H43BrN4O9. The minimum Gasteiger partial charge on any atom is -0.618 e. The molecule has 252 valence electrons. The maximum Gasteiger partial charge on any atom is 0.335 e. The Bertz CT molecular complexity index is 1390. The van der Waals surface area contributed by atoms with Crippen molar-refractivity contribution < 1.29 is 44.4 Å². The Morgan fingerprint density at radius 1 is 1.02 bits per heavy atom. The molecule has 2 aromatic rings. The molecule has 2 atom stereocenters. The van der Waals surface area contributed by atoms with Gasteiger partial charge in [0.2, 0.25) is 5.69 Å². The SMILES string of the molecule is CCO/N=C(/c1ccc(Br)cc1)C1CCN(C2(C)CCN(C(=O)c3c(C)cc[n+]([O-])c3C)CC2)CC1.O=C(O)C(O)C(O)C(=O)O. The number of hydrogen-bond acceptors (Lipinski definition) is 9. The second kappa shape index (κ2) is 16.3. The van der Waals surface area contributed by atoms with Gasteiger partial charge in [0.25, 0.3) is 5.91 Å². The molecule has 0 radical (unpaired) electrons. The van der Waals surface area contributed by atoms with Crippen LogP contribution in [0.3, 0.4) is 0 Å². The van der Waals surface area contributed by atoms with Crippen LogP contribution in [0.25, 0.3) is 0 Å². The summed E-state index contributed by atoms with van der Waals surface area (Å²) in [7, 11) is 0. The van der Waals surface area contributed by atoms with E-state index >= 15 is 0 Å². The number of halogens is 1. The highest BCUT2D eigenvalue weighted by molar-refractivity contribution is 9.10. The van der Waals surface area contributed by atoms with Crippen LogP contribution in [0.1, 0.15) is 66.7 Å². The Labute approximate surface area is 276 Å². The van der Waals surface area contributed by atoms with Crippen LogP contribution < -0.4 is 4.73 Å². The normalized spacial score (nSPS) is 18.6. The number of pyridine rings is 1. The summed E-state index contributed by atoms with van der Waals surface area (Å²) in [5, 5.41) is 49.1. The van der Waals surface area contributed by atoms with Gasteiger partial charge in [-0.3, -0.25) is 9.69 Å². The van der Waals surface area contributed by atoms with Gasteiger partial charge in [-0.05, 0) is 82.8 Å². The standard InChI is InChI=1S/C28H37BrN4O3.C4H6O6/c1-5-36-30-26(22-6-8-24(29)9-7-22)23-11-15-32(16-12-23)28(4)13-18-31(19-14-28)27(34)25-20(2)10-17-33(35)21(25)3;5-1(3(7)8)2(6)4(9)10/h6-10,17,23H,5,11-16,18-19H2,1-4H3;1-2,5-6H,(H,7,8)(H,9,10)/b30-26-;. The van der Waals surface area contributed by atoms with Crippen molar-refractivity contribution in [3.8, 4) is 0 Å². The number of aliphatic hydroxyl groups is 2. The first kappa shape index (κ1) is 36.9. The van der Waals surface area contributed by atoms with Gasteiger partial charge in [0, 0.05) is 42.0 Å². The van der Waals surface area contributed by atoms with Crippen molar-refractivity contribution in [1.29, 1.82) is 0 Å². The number of aliphatic hydroxyl groups excluding tert-OH is 2. The lowest BCUT2D eigenvalue weighted by molar-refractivity contribution is -0.612. The molecule has 0 bridgehead atoms. The smallest absolute Gasteiger partial charge is 0.335 e. The Morgan fingerprint density at radius 3 is 2.07 bits per heavy atom. The first-order valence-corrected chi connectivity index (χ1v) is 16.0. The van der Waals surface area contributed by atoms with Crippen molar-refractivity contribution >= 4 is 39.5 Å². The molecular weight excluding hydrogens is 664 g/mol. The third-order valence-electron chi connectivity index (χ3n) is 8.77. The second-order valence-electron chi connectivity index (χ2n) is 11.8. The monoisotopic (exact) mass is 706 g/mol. The maximum atomic E-state index is 13.3. The quantitative estimate of drug-likeness (QED) is 0.131. The molecule has 1 amide bonds. The van der Waals surface area contributed by atoms with E-state index in [1.165, 1.54) is 6.20 Å². The van der Waals surface area contributed by atoms with Crippen molar-refractivity contribution in [2.45, 2.75) is 71.1 Å². The van der Waals surface area contributed by atoms with Gasteiger partial charge in [-0.2, -0.15) is 4.73 Å². The summed E-state index contributed by atoms with van der Waals surface area (Å²) >= 11 is 3.52. The predicted molar refractivity (Wildman–Crippen MR) is 172 cm³/mol. The fourth-order valence-corrected chi connectivity index (χ4v) is 6.10. The van der Waals surface area contributed by atoms with Gasteiger partial charge in [0.05, 0.1) is 5.71 Å². The van der Waals surface area contributed by atoms with Crippen LogP contribution in [0.5, 0.6) is 0 Å². The topological polar surface area (TPSA) is 187 Å². The number of amides is 1.